The Hall–Kier alpha value is -2.14. The smallest absolute Gasteiger partial charge is 0.242 e. The Bertz CT molecular complexity index is 1000. The molecule has 1 heterocycles. The fourth-order valence-corrected chi connectivity index (χ4v) is 5.04. The molecule has 6 heteroatoms. The normalized spacial score (nSPS) is 22.3. The highest BCUT2D eigenvalue weighted by Gasteiger charge is 2.43. The second-order valence-corrected chi connectivity index (χ2v) is 8.62. The van der Waals surface area contributed by atoms with Gasteiger partial charge in [0.1, 0.15) is 0 Å². The highest BCUT2D eigenvalue weighted by molar-refractivity contribution is 6.35. The largest absolute Gasteiger partial charge is 0.294 e. The van der Waals surface area contributed by atoms with Gasteiger partial charge in [0, 0.05) is 54.2 Å². The summed E-state index contributed by atoms with van der Waals surface area (Å²) in [5, 5.41) is 4.43. The Balaban J connectivity index is 1.83. The molecular weight excluding hydrogens is 407 g/mol. The summed E-state index contributed by atoms with van der Waals surface area (Å²) in [4.78, 5) is 26.4. The molecule has 2 aromatic rings. The summed E-state index contributed by atoms with van der Waals surface area (Å²) >= 11 is 12.5. The molecule has 0 N–H and O–H groups in total. The fourth-order valence-electron chi connectivity index (χ4n) is 4.49. The predicted molar refractivity (Wildman–Crippen MR) is 115 cm³/mol. The molecular formula is C23H22Cl2N2O2. The number of allylic oxidation sites excluding steroid dienone is 2. The Kier molecular flexibility index (Phi) is 5.52. The van der Waals surface area contributed by atoms with E-state index in [0.29, 0.717) is 28.5 Å². The van der Waals surface area contributed by atoms with Crippen molar-refractivity contribution in [2.24, 2.45) is 0 Å². The zero-order valence-electron chi connectivity index (χ0n) is 16.4. The number of hydrazine groups is 1. The monoisotopic (exact) mass is 428 g/mol. The maximum atomic E-state index is 13.4. The molecule has 0 aromatic heterocycles. The molecule has 1 aliphatic carbocycles. The molecule has 2 atom stereocenters. The van der Waals surface area contributed by atoms with Crippen molar-refractivity contribution >= 4 is 34.9 Å². The third-order valence-corrected chi connectivity index (χ3v) is 6.27. The predicted octanol–water partition coefficient (Wildman–Crippen LogP) is 5.19. The number of rotatable bonds is 3. The number of benzene rings is 2. The summed E-state index contributed by atoms with van der Waals surface area (Å²) in [6.07, 6.45) is 1.27. The lowest BCUT2D eigenvalue weighted by Gasteiger charge is -2.42. The number of Topliss-reactive ketones (excluding diaryl/α,β-unsaturated/α-hetero) is 1. The number of halogens is 2. The number of hydrogen-bond donors (Lipinski definition) is 0. The first-order valence-corrected chi connectivity index (χ1v) is 10.4. The average molecular weight is 429 g/mol. The molecule has 0 radical (unpaired) electrons. The highest BCUT2D eigenvalue weighted by Crippen LogP contribution is 2.47. The lowest BCUT2D eigenvalue weighted by molar-refractivity contribution is -0.143. The molecule has 4 nitrogen and oxygen atoms in total. The van der Waals surface area contributed by atoms with E-state index in [-0.39, 0.29) is 29.9 Å². The van der Waals surface area contributed by atoms with Gasteiger partial charge in [0.15, 0.2) is 5.78 Å². The van der Waals surface area contributed by atoms with Crippen LogP contribution in [0.15, 0.2) is 59.8 Å². The van der Waals surface area contributed by atoms with E-state index >= 15 is 0 Å². The maximum Gasteiger partial charge on any atom is 0.242 e. The molecule has 4 rings (SSSR count). The summed E-state index contributed by atoms with van der Waals surface area (Å²) < 4.78 is 0. The van der Waals surface area contributed by atoms with Crippen LogP contribution in [-0.2, 0) is 9.59 Å². The molecule has 150 valence electrons. The summed E-state index contributed by atoms with van der Waals surface area (Å²) in [7, 11) is 3.66. The molecule has 2 unspecified atom stereocenters. The second kappa shape index (κ2) is 7.94. The first-order valence-electron chi connectivity index (χ1n) is 9.63. The Labute approximate surface area is 180 Å². The molecule has 0 saturated heterocycles. The van der Waals surface area contributed by atoms with Crippen molar-refractivity contribution in [2.45, 2.75) is 31.1 Å². The lowest BCUT2D eigenvalue weighted by atomic mass is 9.73. The van der Waals surface area contributed by atoms with Crippen LogP contribution in [0.4, 0.5) is 0 Å². The summed E-state index contributed by atoms with van der Waals surface area (Å²) in [6.45, 7) is 0. The molecule has 0 bridgehead atoms. The number of carbonyl (C=O) groups excluding carboxylic acids is 2. The SMILES string of the molecule is CN(C)N1C(=O)CC(c2ccc(Cl)cc2Cl)C2=C1CC(c1ccccc1)CC2=O. The zero-order valence-corrected chi connectivity index (χ0v) is 17.9. The summed E-state index contributed by atoms with van der Waals surface area (Å²) in [5.41, 5.74) is 3.38. The van der Waals surface area contributed by atoms with Crippen LogP contribution in [0.1, 0.15) is 42.2 Å². The minimum absolute atomic E-state index is 0.0359. The van der Waals surface area contributed by atoms with E-state index < -0.39 is 0 Å². The van der Waals surface area contributed by atoms with Gasteiger partial charge in [0.25, 0.3) is 0 Å². The van der Waals surface area contributed by atoms with Gasteiger partial charge in [0.2, 0.25) is 5.91 Å². The van der Waals surface area contributed by atoms with E-state index in [9.17, 15) is 9.59 Å². The van der Waals surface area contributed by atoms with E-state index in [1.165, 1.54) is 0 Å². The molecule has 2 aliphatic rings. The first-order chi connectivity index (χ1) is 13.9. The Morgan fingerprint density at radius 1 is 0.966 bits per heavy atom. The van der Waals surface area contributed by atoms with Gasteiger partial charge in [-0.15, -0.1) is 0 Å². The van der Waals surface area contributed by atoms with Gasteiger partial charge in [-0.2, -0.15) is 0 Å². The van der Waals surface area contributed by atoms with Gasteiger partial charge in [-0.3, -0.25) is 9.59 Å². The van der Waals surface area contributed by atoms with Crippen molar-refractivity contribution in [3.8, 4) is 0 Å². The zero-order chi connectivity index (χ0) is 20.7. The molecule has 2 aromatic carbocycles. The van der Waals surface area contributed by atoms with Crippen LogP contribution in [0, 0.1) is 0 Å². The molecule has 0 fully saturated rings. The average Bonchev–Trinajstić information content (AvgIpc) is 2.67. The lowest BCUT2D eigenvalue weighted by Crippen LogP contribution is -2.48. The van der Waals surface area contributed by atoms with Crippen LogP contribution >= 0.6 is 23.2 Å². The van der Waals surface area contributed by atoms with Crippen LogP contribution < -0.4 is 0 Å². The van der Waals surface area contributed by atoms with Crippen molar-refractivity contribution in [1.82, 2.24) is 10.0 Å². The standard InChI is InChI=1S/C23H22Cl2N2O2/c1-26(2)27-20-10-15(14-6-4-3-5-7-14)11-21(28)23(20)18(13-22(27)29)17-9-8-16(24)12-19(17)25/h3-9,12,15,18H,10-11,13H2,1-2H3. The number of ketones is 1. The van der Waals surface area contributed by atoms with E-state index in [1.54, 1.807) is 22.2 Å². The maximum absolute atomic E-state index is 13.4. The highest BCUT2D eigenvalue weighted by atomic mass is 35.5. The third-order valence-electron chi connectivity index (χ3n) is 5.71. The van der Waals surface area contributed by atoms with Crippen molar-refractivity contribution in [3.05, 3.63) is 81.0 Å². The quantitative estimate of drug-likeness (QED) is 0.675. The molecule has 1 amide bonds. The molecule has 1 aliphatic heterocycles. The van der Waals surface area contributed by atoms with Crippen LogP contribution in [0.25, 0.3) is 0 Å². The number of hydrogen-bond acceptors (Lipinski definition) is 3. The minimum Gasteiger partial charge on any atom is -0.294 e. The van der Waals surface area contributed by atoms with Gasteiger partial charge < -0.3 is 0 Å². The Morgan fingerprint density at radius 3 is 2.34 bits per heavy atom. The first kappa shape index (κ1) is 20.1. The van der Waals surface area contributed by atoms with Crippen molar-refractivity contribution in [1.29, 1.82) is 0 Å². The van der Waals surface area contributed by atoms with Crippen LogP contribution in [0.5, 0.6) is 0 Å². The van der Waals surface area contributed by atoms with Crippen LogP contribution in [0.2, 0.25) is 10.0 Å². The molecule has 29 heavy (non-hydrogen) atoms. The van der Waals surface area contributed by atoms with Crippen LogP contribution in [-0.4, -0.2) is 35.8 Å². The number of nitrogens with zero attached hydrogens (tertiary/aromatic N) is 2. The van der Waals surface area contributed by atoms with Gasteiger partial charge in [0.05, 0.1) is 0 Å². The van der Waals surface area contributed by atoms with E-state index in [1.807, 2.05) is 50.5 Å². The Morgan fingerprint density at radius 2 is 1.69 bits per heavy atom. The van der Waals surface area contributed by atoms with Gasteiger partial charge in [-0.25, -0.2) is 10.0 Å². The number of carbonyl (C=O) groups is 2. The van der Waals surface area contributed by atoms with Gasteiger partial charge in [-0.1, -0.05) is 59.6 Å². The summed E-state index contributed by atoms with van der Waals surface area (Å²) in [6, 6.07) is 15.3. The van der Waals surface area contributed by atoms with E-state index in [2.05, 4.69) is 0 Å². The van der Waals surface area contributed by atoms with Gasteiger partial charge in [-0.05, 0) is 35.6 Å². The van der Waals surface area contributed by atoms with Crippen LogP contribution in [0.3, 0.4) is 0 Å². The number of amides is 1. The van der Waals surface area contributed by atoms with E-state index in [0.717, 1.165) is 16.8 Å². The second-order valence-electron chi connectivity index (χ2n) is 7.77. The van der Waals surface area contributed by atoms with Crippen molar-refractivity contribution in [2.75, 3.05) is 14.1 Å². The van der Waals surface area contributed by atoms with E-state index in [4.69, 9.17) is 23.2 Å². The van der Waals surface area contributed by atoms with Crippen molar-refractivity contribution < 1.29 is 9.59 Å². The third kappa shape index (κ3) is 3.73. The fraction of sp³-hybridized carbons (Fsp3) is 0.304. The molecule has 0 saturated carbocycles. The minimum atomic E-state index is -0.345. The topological polar surface area (TPSA) is 40.6 Å². The molecule has 0 spiro atoms. The summed E-state index contributed by atoms with van der Waals surface area (Å²) in [5.74, 6) is -0.249. The van der Waals surface area contributed by atoms with Gasteiger partial charge >= 0.3 is 0 Å². The van der Waals surface area contributed by atoms with Crippen molar-refractivity contribution in [3.63, 3.8) is 0 Å².